The minimum atomic E-state index is -0.503. The number of hydrogen-bond acceptors (Lipinski definition) is 4. The fourth-order valence-electron chi connectivity index (χ4n) is 3.00. The predicted octanol–water partition coefficient (Wildman–Crippen LogP) is 3.49. The third-order valence-corrected chi connectivity index (χ3v) is 4.29. The van der Waals surface area contributed by atoms with Crippen LogP contribution in [0.1, 0.15) is 24.1 Å². The Morgan fingerprint density at radius 2 is 1.78 bits per heavy atom. The number of carbonyl (C=O) groups excluding carboxylic acids is 1. The molecule has 1 atom stereocenters. The average Bonchev–Trinajstić information content (AvgIpc) is 2.64. The summed E-state index contributed by atoms with van der Waals surface area (Å²) >= 11 is 0. The van der Waals surface area contributed by atoms with Gasteiger partial charge in [0.05, 0.1) is 13.7 Å². The molecule has 0 radical (unpaired) electrons. The smallest absolute Gasteiger partial charge is 0.244 e. The fraction of sp³-hybridized carbons (Fsp3) is 0.381. The normalized spacial score (nSPS) is 12.0. The second-order valence-electron chi connectivity index (χ2n) is 6.49. The van der Waals surface area contributed by atoms with Gasteiger partial charge in [-0.05, 0) is 44.8 Å². The molecule has 0 aliphatic rings. The summed E-state index contributed by atoms with van der Waals surface area (Å²) in [6.07, 6.45) is 0. The van der Waals surface area contributed by atoms with Crippen molar-refractivity contribution >= 4 is 5.91 Å². The number of hydrogen-bond donors (Lipinski definition) is 0. The molecule has 0 aliphatic heterocycles. The van der Waals surface area contributed by atoms with Crippen LogP contribution in [0.2, 0.25) is 0 Å². The van der Waals surface area contributed by atoms with Gasteiger partial charge in [0.2, 0.25) is 5.91 Å². The molecule has 0 fully saturated rings. The number of carbonyl (C=O) groups is 1. The minimum absolute atomic E-state index is 0.0862. The van der Waals surface area contributed by atoms with Crippen LogP contribution in [0.4, 0.5) is 4.39 Å². The van der Waals surface area contributed by atoms with Crippen LogP contribution in [-0.2, 0) is 11.3 Å². The quantitative estimate of drug-likeness (QED) is 0.709. The summed E-state index contributed by atoms with van der Waals surface area (Å²) in [6, 6.07) is 11.1. The zero-order valence-corrected chi connectivity index (χ0v) is 16.5. The highest BCUT2D eigenvalue weighted by molar-refractivity contribution is 5.83. The van der Waals surface area contributed by atoms with E-state index in [0.29, 0.717) is 24.7 Å². The van der Waals surface area contributed by atoms with Gasteiger partial charge in [0.1, 0.15) is 11.9 Å². The van der Waals surface area contributed by atoms with Crippen LogP contribution in [0.25, 0.3) is 0 Å². The van der Waals surface area contributed by atoms with Crippen LogP contribution >= 0.6 is 0 Å². The molecule has 146 valence electrons. The first-order valence-electron chi connectivity index (χ1n) is 8.84. The second kappa shape index (κ2) is 9.37. The first kappa shape index (κ1) is 20.7. The van der Waals surface area contributed by atoms with E-state index in [1.54, 1.807) is 31.2 Å². The molecule has 27 heavy (non-hydrogen) atoms. The fourth-order valence-corrected chi connectivity index (χ4v) is 3.00. The van der Waals surface area contributed by atoms with Gasteiger partial charge in [-0.3, -0.25) is 9.69 Å². The van der Waals surface area contributed by atoms with Gasteiger partial charge in [-0.2, -0.15) is 0 Å². The molecule has 2 rings (SSSR count). The highest BCUT2D eigenvalue weighted by Gasteiger charge is 2.27. The molecule has 6 heteroatoms. The number of nitrogens with zero attached hydrogens (tertiary/aromatic N) is 2. The Bertz CT molecular complexity index is 763. The van der Waals surface area contributed by atoms with E-state index in [9.17, 15) is 9.18 Å². The van der Waals surface area contributed by atoms with E-state index in [2.05, 4.69) is 0 Å². The van der Waals surface area contributed by atoms with E-state index in [1.807, 2.05) is 44.1 Å². The van der Waals surface area contributed by atoms with Gasteiger partial charge in [-0.25, -0.2) is 4.39 Å². The maximum Gasteiger partial charge on any atom is 0.244 e. The Labute approximate surface area is 160 Å². The SMILES string of the molecule is CCOc1c(CN(C)C(=O)[C@H](c2ccc(F)cc2)N(C)C)cccc1OC. The van der Waals surface area contributed by atoms with E-state index in [-0.39, 0.29) is 11.7 Å². The standard InChI is InChI=1S/C21H27FN2O3/c1-6-27-20-16(8-7-9-18(20)26-5)14-24(4)21(25)19(23(2)3)15-10-12-17(22)13-11-15/h7-13,19H,6,14H2,1-5H3/t19-/m0/s1. The molecule has 0 saturated heterocycles. The lowest BCUT2D eigenvalue weighted by molar-refractivity contribution is -0.135. The molecule has 2 aromatic carbocycles. The molecule has 0 heterocycles. The summed E-state index contributed by atoms with van der Waals surface area (Å²) in [4.78, 5) is 16.6. The largest absolute Gasteiger partial charge is 0.493 e. The van der Waals surface area contributed by atoms with Crippen molar-refractivity contribution in [2.75, 3.05) is 34.9 Å². The van der Waals surface area contributed by atoms with Gasteiger partial charge >= 0.3 is 0 Å². The van der Waals surface area contributed by atoms with Crippen molar-refractivity contribution < 1.29 is 18.7 Å². The molecule has 2 aromatic rings. The minimum Gasteiger partial charge on any atom is -0.493 e. The third-order valence-electron chi connectivity index (χ3n) is 4.29. The molecule has 0 aliphatic carbocycles. The van der Waals surface area contributed by atoms with E-state index in [0.717, 1.165) is 11.1 Å². The molecular formula is C21H27FN2O3. The number of rotatable bonds is 8. The summed E-state index contributed by atoms with van der Waals surface area (Å²) in [5.41, 5.74) is 1.61. The Hall–Kier alpha value is -2.60. The van der Waals surface area contributed by atoms with E-state index in [1.165, 1.54) is 12.1 Å². The topological polar surface area (TPSA) is 42.0 Å². The Morgan fingerprint density at radius 3 is 2.33 bits per heavy atom. The molecule has 0 aromatic heterocycles. The van der Waals surface area contributed by atoms with Crippen molar-refractivity contribution in [3.05, 3.63) is 59.4 Å². The summed E-state index contributed by atoms with van der Waals surface area (Å²) in [7, 11) is 7.00. The Balaban J connectivity index is 2.27. The number of halogens is 1. The molecule has 5 nitrogen and oxygen atoms in total. The monoisotopic (exact) mass is 374 g/mol. The molecular weight excluding hydrogens is 347 g/mol. The van der Waals surface area contributed by atoms with Crippen LogP contribution in [-0.4, -0.2) is 50.6 Å². The maximum atomic E-state index is 13.3. The van der Waals surface area contributed by atoms with Crippen LogP contribution in [0, 0.1) is 5.82 Å². The van der Waals surface area contributed by atoms with Gasteiger partial charge in [-0.15, -0.1) is 0 Å². The van der Waals surface area contributed by atoms with Crippen molar-refractivity contribution in [3.8, 4) is 11.5 Å². The molecule has 0 bridgehead atoms. The van der Waals surface area contributed by atoms with Gasteiger partial charge in [0, 0.05) is 19.2 Å². The molecule has 1 amide bonds. The lowest BCUT2D eigenvalue weighted by Gasteiger charge is -2.29. The number of amides is 1. The lowest BCUT2D eigenvalue weighted by Crippen LogP contribution is -2.38. The first-order valence-corrected chi connectivity index (χ1v) is 8.84. The van der Waals surface area contributed by atoms with Crippen molar-refractivity contribution in [3.63, 3.8) is 0 Å². The predicted molar refractivity (Wildman–Crippen MR) is 103 cm³/mol. The average molecular weight is 374 g/mol. The molecule has 0 unspecified atom stereocenters. The maximum absolute atomic E-state index is 13.3. The van der Waals surface area contributed by atoms with Gasteiger partial charge in [0.15, 0.2) is 11.5 Å². The number of methoxy groups -OCH3 is 1. The van der Waals surface area contributed by atoms with Crippen LogP contribution in [0.5, 0.6) is 11.5 Å². The van der Waals surface area contributed by atoms with E-state index in [4.69, 9.17) is 9.47 Å². The van der Waals surface area contributed by atoms with Gasteiger partial charge < -0.3 is 14.4 Å². The van der Waals surface area contributed by atoms with E-state index >= 15 is 0 Å². The number of likely N-dealkylation sites (N-methyl/N-ethyl adjacent to an activating group) is 2. The van der Waals surface area contributed by atoms with Crippen molar-refractivity contribution in [2.45, 2.75) is 19.5 Å². The number of para-hydroxylation sites is 1. The summed E-state index contributed by atoms with van der Waals surface area (Å²) in [5.74, 6) is 0.870. The van der Waals surface area contributed by atoms with Crippen molar-refractivity contribution in [2.24, 2.45) is 0 Å². The molecule has 0 saturated carbocycles. The van der Waals surface area contributed by atoms with Crippen LogP contribution < -0.4 is 9.47 Å². The summed E-state index contributed by atoms with van der Waals surface area (Å²) in [5, 5.41) is 0. The Kier molecular flexibility index (Phi) is 7.19. The van der Waals surface area contributed by atoms with Crippen LogP contribution in [0.15, 0.2) is 42.5 Å². The van der Waals surface area contributed by atoms with Crippen LogP contribution in [0.3, 0.4) is 0 Å². The van der Waals surface area contributed by atoms with Gasteiger partial charge in [0.25, 0.3) is 0 Å². The number of ether oxygens (including phenoxy) is 2. The highest BCUT2D eigenvalue weighted by Crippen LogP contribution is 2.32. The second-order valence-corrected chi connectivity index (χ2v) is 6.49. The Morgan fingerprint density at radius 1 is 1.11 bits per heavy atom. The number of benzene rings is 2. The van der Waals surface area contributed by atoms with Crippen molar-refractivity contribution in [1.82, 2.24) is 9.80 Å². The van der Waals surface area contributed by atoms with Gasteiger partial charge in [-0.1, -0.05) is 24.3 Å². The summed E-state index contributed by atoms with van der Waals surface area (Å²) < 4.78 is 24.4. The highest BCUT2D eigenvalue weighted by atomic mass is 19.1. The zero-order chi connectivity index (χ0) is 20.0. The molecule has 0 spiro atoms. The first-order chi connectivity index (χ1) is 12.9. The lowest BCUT2D eigenvalue weighted by atomic mass is 10.0. The zero-order valence-electron chi connectivity index (χ0n) is 16.5. The molecule has 0 N–H and O–H groups in total. The van der Waals surface area contributed by atoms with E-state index < -0.39 is 6.04 Å². The summed E-state index contributed by atoms with van der Waals surface area (Å²) in [6.45, 7) is 2.78. The van der Waals surface area contributed by atoms with Crippen molar-refractivity contribution in [1.29, 1.82) is 0 Å². The third kappa shape index (κ3) is 4.98.